The Balaban J connectivity index is 0.000000536. The van der Waals surface area contributed by atoms with E-state index in [0.29, 0.717) is 79.3 Å². The fraction of sp³-hybridized carbons (Fsp3) is 0.803. The Morgan fingerprint density at radius 1 is 0.532 bits per heavy atom. The minimum absolute atomic E-state index is 0.00857. The molecule has 0 aliphatic carbocycles. The number of rotatable bonds is 18. The Kier molecular flexibility index (Phi) is 47.2. The topological polar surface area (TPSA) is 190 Å². The third-order valence-electron chi connectivity index (χ3n) is 18.4. The van der Waals surface area contributed by atoms with Crippen molar-refractivity contribution in [3.8, 4) is 0 Å². The van der Waals surface area contributed by atoms with Gasteiger partial charge in [-0.05, 0) is 172 Å². The highest BCUT2D eigenvalue weighted by Crippen LogP contribution is 2.28. The fourth-order valence-electron chi connectivity index (χ4n) is 11.1. The molecule has 9 rings (SSSR count). The van der Waals surface area contributed by atoms with Crippen LogP contribution in [0.15, 0.2) is 67.5 Å². The molecule has 6 saturated heterocycles. The molecule has 1 aromatic carbocycles. The maximum absolute atomic E-state index is 11.2. The van der Waals surface area contributed by atoms with Gasteiger partial charge >= 0.3 is 0 Å². The van der Waals surface area contributed by atoms with Gasteiger partial charge in [0.05, 0.1) is 32.3 Å². The molecule has 6 fully saturated rings. The lowest BCUT2D eigenvalue weighted by Crippen LogP contribution is -2.38. The monoisotopic (exact) mass is 1360 g/mol. The van der Waals surface area contributed by atoms with Gasteiger partial charge in [-0.3, -0.25) is 0 Å². The molecule has 94 heavy (non-hydrogen) atoms. The van der Waals surface area contributed by atoms with Crippen molar-refractivity contribution in [2.75, 3.05) is 91.5 Å². The molecule has 16 nitrogen and oxygen atoms in total. The van der Waals surface area contributed by atoms with Crippen LogP contribution in [-0.2, 0) is 48.5 Å². The van der Waals surface area contributed by atoms with Gasteiger partial charge in [0, 0.05) is 102 Å². The van der Waals surface area contributed by atoms with E-state index in [1.807, 2.05) is 24.5 Å². The van der Waals surface area contributed by atoms with Crippen molar-refractivity contribution in [2.24, 2.45) is 71.0 Å². The largest absolute Gasteiger partial charge is 0.381 e. The van der Waals surface area contributed by atoms with Crippen LogP contribution < -0.4 is 0 Å². The number of piperidine rings is 1. The van der Waals surface area contributed by atoms with Crippen molar-refractivity contribution >= 4 is 25.8 Å². The second-order valence-electron chi connectivity index (χ2n) is 29.8. The van der Waals surface area contributed by atoms with Gasteiger partial charge < -0.3 is 28.5 Å². The molecule has 6 aliphatic heterocycles. The first-order valence-electron chi connectivity index (χ1n) is 36.2. The van der Waals surface area contributed by atoms with E-state index in [2.05, 4.69) is 169 Å². The number of carbonyl (C=O) groups is 1. The number of ketones is 1. The number of ether oxygens (including phenoxy) is 5. The maximum atomic E-state index is 11.2. The number of benzene rings is 1. The molecule has 0 spiro atoms. The summed E-state index contributed by atoms with van der Waals surface area (Å²) in [5.41, 5.74) is 2.61. The standard InChI is InChI=1S/C15H28O3.C9H19NO2S.C9H12.C8H17NO2S.C8H16O.2C7H10N2.C7H14O.C6H12O/c1-12(2)10-14(8-7-13(3)16)11-18-15-6-4-5-9-17-15;1-8(2)9-4-6-10(7-5-9)13(3,11)12;1-8(2)9-6-4-3-5-7-9;1-7(2)8-4-5-9(6-8)12(3,10)11;1-7(2)8-3-5-9-6-4-8;1-6(2)7-3-8-5-9-4-7;1-6(2)7-8-4-3-5-9-7;1-6(2)7-3-4-8-5-7;1-5(2)6-3-7-4-6/h12,14-15H,4-11H2,1-3H3;8-9H,4-7H2,1-3H3;3-8H,1-2H3;7-8H,4-6H2,1-3H3;7-8H,3-6H2,1-2H3;2*3-6H,1-2H3;6-7H,3-5H2,1-2H3;5-6H,3-4H2,1-2H3. The van der Waals surface area contributed by atoms with Crippen LogP contribution in [0.4, 0.5) is 0 Å². The van der Waals surface area contributed by atoms with Crippen molar-refractivity contribution in [1.82, 2.24) is 28.5 Å². The van der Waals surface area contributed by atoms with Crippen LogP contribution in [0.1, 0.15) is 243 Å². The van der Waals surface area contributed by atoms with Crippen LogP contribution >= 0.6 is 0 Å². The molecule has 0 bridgehead atoms. The summed E-state index contributed by atoms with van der Waals surface area (Å²) < 4.78 is 74.7. The van der Waals surface area contributed by atoms with E-state index in [4.69, 9.17) is 23.7 Å². The molecular formula is C76H138N6O10S2. The molecule has 3 aromatic rings. The lowest BCUT2D eigenvalue weighted by Gasteiger charge is -2.32. The van der Waals surface area contributed by atoms with Gasteiger partial charge in [-0.2, -0.15) is 0 Å². The number of sulfonamides is 2. The van der Waals surface area contributed by atoms with Crippen LogP contribution in [-0.4, -0.2) is 149 Å². The predicted octanol–water partition coefficient (Wildman–Crippen LogP) is 16.8. The third-order valence-corrected chi connectivity index (χ3v) is 21.0. The summed E-state index contributed by atoms with van der Waals surface area (Å²) in [6.45, 7) is 51.6. The number of aromatic nitrogens is 4. The first-order chi connectivity index (χ1) is 44.2. The fourth-order valence-corrected chi connectivity index (χ4v) is 12.8. The normalized spacial score (nSPS) is 20.1. The van der Waals surface area contributed by atoms with Crippen LogP contribution in [0.2, 0.25) is 0 Å². The second kappa shape index (κ2) is 50.1. The average Bonchev–Trinajstić information content (AvgIpc) is 1.58. The summed E-state index contributed by atoms with van der Waals surface area (Å²) in [5, 5.41) is 0. The predicted molar refractivity (Wildman–Crippen MR) is 390 cm³/mol. The summed E-state index contributed by atoms with van der Waals surface area (Å²) in [7, 11) is -5.88. The minimum Gasteiger partial charge on any atom is -0.381 e. The summed E-state index contributed by atoms with van der Waals surface area (Å²) in [6.07, 6.45) is 24.3. The summed E-state index contributed by atoms with van der Waals surface area (Å²) in [6, 6.07) is 12.3. The number of Topliss-reactive ketones (excluding diaryl/α,β-unsaturated/α-hetero) is 1. The van der Waals surface area contributed by atoms with Crippen molar-refractivity contribution in [3.63, 3.8) is 0 Å². The zero-order valence-corrected chi connectivity index (χ0v) is 64.8. The van der Waals surface area contributed by atoms with Gasteiger partial charge in [0.25, 0.3) is 0 Å². The number of hydrogen-bond acceptors (Lipinski definition) is 14. The Morgan fingerprint density at radius 2 is 1.01 bits per heavy atom. The zero-order valence-electron chi connectivity index (χ0n) is 63.1. The van der Waals surface area contributed by atoms with Gasteiger partial charge in [-0.15, -0.1) is 0 Å². The maximum Gasteiger partial charge on any atom is 0.211 e. The van der Waals surface area contributed by atoms with Gasteiger partial charge in [-0.1, -0.05) is 155 Å². The van der Waals surface area contributed by atoms with Crippen LogP contribution in [0.25, 0.3) is 0 Å². The molecule has 4 atom stereocenters. The van der Waals surface area contributed by atoms with Crippen LogP contribution in [0, 0.1) is 71.0 Å². The quantitative estimate of drug-likeness (QED) is 0.117. The Morgan fingerprint density at radius 3 is 1.34 bits per heavy atom. The van der Waals surface area contributed by atoms with E-state index in [-0.39, 0.29) is 12.1 Å². The molecule has 0 saturated carbocycles. The van der Waals surface area contributed by atoms with Crippen molar-refractivity contribution < 1.29 is 45.3 Å². The summed E-state index contributed by atoms with van der Waals surface area (Å²) in [5.74, 6) is 11.6. The molecule has 0 radical (unpaired) electrons. The molecule has 18 heteroatoms. The first kappa shape index (κ1) is 88.7. The van der Waals surface area contributed by atoms with Gasteiger partial charge in [0.1, 0.15) is 17.9 Å². The Bertz CT molecular complexity index is 2410. The van der Waals surface area contributed by atoms with E-state index >= 15 is 0 Å². The number of nitrogens with zero attached hydrogens (tertiary/aromatic N) is 6. The molecule has 544 valence electrons. The van der Waals surface area contributed by atoms with Crippen molar-refractivity contribution in [2.45, 2.75) is 233 Å². The second-order valence-corrected chi connectivity index (χ2v) is 33.7. The Hall–Kier alpha value is -3.33. The lowest BCUT2D eigenvalue weighted by atomic mass is 9.87. The molecule has 6 aliphatic rings. The minimum atomic E-state index is -2.94. The average molecular weight is 1360 g/mol. The van der Waals surface area contributed by atoms with Gasteiger partial charge in [0.2, 0.25) is 20.0 Å². The lowest BCUT2D eigenvalue weighted by molar-refractivity contribution is -0.170. The number of carbonyl (C=O) groups excluding carboxylic acids is 1. The van der Waals surface area contributed by atoms with E-state index in [0.717, 1.165) is 146 Å². The molecular weight excluding hydrogens is 1220 g/mol. The smallest absolute Gasteiger partial charge is 0.211 e. The van der Waals surface area contributed by atoms with Crippen molar-refractivity contribution in [3.05, 3.63) is 84.5 Å². The molecule has 0 amide bonds. The van der Waals surface area contributed by atoms with E-state index in [1.165, 1.54) is 49.3 Å². The van der Waals surface area contributed by atoms with Crippen LogP contribution in [0.3, 0.4) is 0 Å². The Labute approximate surface area is 576 Å². The van der Waals surface area contributed by atoms with E-state index in [1.54, 1.807) is 34.3 Å². The molecule has 2 aromatic heterocycles. The highest BCUT2D eigenvalue weighted by molar-refractivity contribution is 7.88. The van der Waals surface area contributed by atoms with Crippen LogP contribution in [0.5, 0.6) is 0 Å². The van der Waals surface area contributed by atoms with E-state index in [9.17, 15) is 21.6 Å². The zero-order chi connectivity index (χ0) is 70.8. The number of hydrogen-bond donors (Lipinski definition) is 0. The molecule has 0 N–H and O–H groups in total. The highest BCUT2D eigenvalue weighted by atomic mass is 32.2. The van der Waals surface area contributed by atoms with Gasteiger partial charge in [0.15, 0.2) is 6.29 Å². The van der Waals surface area contributed by atoms with Crippen molar-refractivity contribution in [1.29, 1.82) is 0 Å². The summed E-state index contributed by atoms with van der Waals surface area (Å²) in [4.78, 5) is 27.0. The molecule has 8 heterocycles. The third kappa shape index (κ3) is 42.5. The highest BCUT2D eigenvalue weighted by Gasteiger charge is 2.30. The molecule has 4 unspecified atom stereocenters. The van der Waals surface area contributed by atoms with Gasteiger partial charge in [-0.25, -0.2) is 45.4 Å². The summed E-state index contributed by atoms with van der Waals surface area (Å²) >= 11 is 0. The SMILES string of the molecule is CC(=O)CCC(COC1CCCCO1)CC(C)C.CC(C)C1CCN(S(C)(=O)=O)C1.CC(C)C1CCN(S(C)(=O)=O)CC1.CC(C)C1CCOC1.CC(C)C1CCOCC1.CC(C)C1COC1.CC(C)c1ccccc1.CC(C)c1cncnc1.CC(C)c1ncccn1. The first-order valence-corrected chi connectivity index (χ1v) is 39.8. The van der Waals surface area contributed by atoms with E-state index < -0.39 is 20.0 Å².